The Morgan fingerprint density at radius 3 is 2.67 bits per heavy atom. The molecule has 1 aromatic carbocycles. The maximum Gasteiger partial charge on any atom is 0.194 e. The second-order valence-corrected chi connectivity index (χ2v) is 5.93. The van der Waals surface area contributed by atoms with Gasteiger partial charge in [0.1, 0.15) is 5.75 Å². The van der Waals surface area contributed by atoms with Crippen LogP contribution in [0.25, 0.3) is 0 Å². The zero-order chi connectivity index (χ0) is 16.5. The Bertz CT molecular complexity index is 494. The van der Waals surface area contributed by atoms with Crippen molar-refractivity contribution in [3.8, 4) is 5.75 Å². The number of aliphatic hydroxyl groups excluding tert-OH is 1. The van der Waals surface area contributed by atoms with E-state index in [1.807, 2.05) is 12.1 Å². The summed E-state index contributed by atoms with van der Waals surface area (Å²) in [6, 6.07) is 8.26. The second kappa shape index (κ2) is 11.5. The molecular weight excluding hydrogens is 417 g/mol. The lowest BCUT2D eigenvalue weighted by Crippen LogP contribution is -2.40. The zero-order valence-corrected chi connectivity index (χ0v) is 17.0. The number of likely N-dealkylation sites (tertiary alicyclic amines) is 1. The molecule has 0 aromatic heterocycles. The molecule has 5 nitrogen and oxygen atoms in total. The minimum absolute atomic E-state index is 0. The van der Waals surface area contributed by atoms with Gasteiger partial charge in [0.2, 0.25) is 0 Å². The quantitative estimate of drug-likeness (QED) is 0.292. The second-order valence-electron chi connectivity index (χ2n) is 5.93. The van der Waals surface area contributed by atoms with Crippen molar-refractivity contribution in [2.45, 2.75) is 38.7 Å². The Morgan fingerprint density at radius 1 is 1.33 bits per heavy atom. The Kier molecular flexibility index (Phi) is 10.1. The molecule has 0 aliphatic carbocycles. The Hall–Kier alpha value is -1.02. The average Bonchev–Trinajstić information content (AvgIpc) is 3.00. The summed E-state index contributed by atoms with van der Waals surface area (Å²) in [6.07, 6.45) is 3.88. The standard InChI is InChI=1S/C18H29N3O2.HI/c1-3-19-18(21-13-11-16(22)14-21)20-12-5-4-6-15-7-9-17(23-2)10-8-15;/h7-10,16,22H,3-6,11-14H2,1-2H3,(H,19,20);1H/t16-;/m1./s1. The molecule has 1 saturated heterocycles. The largest absolute Gasteiger partial charge is 0.497 e. The highest BCUT2D eigenvalue weighted by Crippen LogP contribution is 2.13. The van der Waals surface area contributed by atoms with Gasteiger partial charge in [-0.25, -0.2) is 0 Å². The van der Waals surface area contributed by atoms with E-state index in [1.165, 1.54) is 5.56 Å². The van der Waals surface area contributed by atoms with Gasteiger partial charge in [-0.3, -0.25) is 4.99 Å². The van der Waals surface area contributed by atoms with Crippen LogP contribution >= 0.6 is 24.0 Å². The molecule has 1 aliphatic rings. The first-order chi connectivity index (χ1) is 11.2. The van der Waals surface area contributed by atoms with Crippen LogP contribution in [-0.2, 0) is 6.42 Å². The van der Waals surface area contributed by atoms with Crippen molar-refractivity contribution in [2.75, 3.05) is 33.3 Å². The predicted octanol–water partition coefficient (Wildman–Crippen LogP) is 2.67. The van der Waals surface area contributed by atoms with Crippen LogP contribution in [0.1, 0.15) is 31.7 Å². The molecule has 0 bridgehead atoms. The number of aliphatic imine (C=N–C) groups is 1. The monoisotopic (exact) mass is 447 g/mol. The molecule has 0 unspecified atom stereocenters. The minimum Gasteiger partial charge on any atom is -0.497 e. The van der Waals surface area contributed by atoms with Crippen molar-refractivity contribution in [2.24, 2.45) is 4.99 Å². The van der Waals surface area contributed by atoms with E-state index in [4.69, 9.17) is 4.74 Å². The first-order valence-corrected chi connectivity index (χ1v) is 8.57. The zero-order valence-electron chi connectivity index (χ0n) is 14.7. The first-order valence-electron chi connectivity index (χ1n) is 8.57. The molecule has 1 atom stereocenters. The third kappa shape index (κ3) is 6.84. The van der Waals surface area contributed by atoms with Crippen molar-refractivity contribution in [1.29, 1.82) is 0 Å². The van der Waals surface area contributed by atoms with Crippen LogP contribution in [0.4, 0.5) is 0 Å². The SMILES string of the molecule is CCNC(=NCCCCc1ccc(OC)cc1)N1CC[C@@H](O)C1.I. The van der Waals surface area contributed by atoms with E-state index < -0.39 is 0 Å². The first kappa shape index (κ1) is 21.0. The van der Waals surface area contributed by atoms with Crippen LogP contribution in [0.15, 0.2) is 29.3 Å². The number of nitrogens with one attached hydrogen (secondary N) is 1. The highest BCUT2D eigenvalue weighted by Gasteiger charge is 2.22. The number of hydrogen-bond acceptors (Lipinski definition) is 3. The number of nitrogens with zero attached hydrogens (tertiary/aromatic N) is 2. The van der Waals surface area contributed by atoms with Gasteiger partial charge in [0, 0.05) is 26.2 Å². The van der Waals surface area contributed by atoms with E-state index in [1.54, 1.807) is 7.11 Å². The number of ether oxygens (including phenoxy) is 1. The molecule has 6 heteroatoms. The molecule has 0 spiro atoms. The minimum atomic E-state index is -0.214. The van der Waals surface area contributed by atoms with Crippen LogP contribution < -0.4 is 10.1 Å². The molecule has 1 aliphatic heterocycles. The third-order valence-electron chi connectivity index (χ3n) is 4.09. The molecule has 1 aromatic rings. The summed E-state index contributed by atoms with van der Waals surface area (Å²) in [5.41, 5.74) is 1.34. The van der Waals surface area contributed by atoms with Gasteiger partial charge < -0.3 is 20.1 Å². The van der Waals surface area contributed by atoms with Crippen molar-refractivity contribution in [3.05, 3.63) is 29.8 Å². The van der Waals surface area contributed by atoms with Gasteiger partial charge in [0.15, 0.2) is 5.96 Å². The topological polar surface area (TPSA) is 57.1 Å². The summed E-state index contributed by atoms with van der Waals surface area (Å²) in [5.74, 6) is 1.84. The van der Waals surface area contributed by atoms with Crippen molar-refractivity contribution < 1.29 is 9.84 Å². The van der Waals surface area contributed by atoms with E-state index in [9.17, 15) is 5.11 Å². The number of benzene rings is 1. The van der Waals surface area contributed by atoms with Gasteiger partial charge in [-0.1, -0.05) is 12.1 Å². The summed E-state index contributed by atoms with van der Waals surface area (Å²) in [4.78, 5) is 6.84. The van der Waals surface area contributed by atoms with E-state index >= 15 is 0 Å². The molecule has 2 rings (SSSR count). The number of methoxy groups -OCH3 is 1. The predicted molar refractivity (Wildman–Crippen MR) is 110 cm³/mol. The van der Waals surface area contributed by atoms with E-state index in [-0.39, 0.29) is 30.1 Å². The number of unbranched alkanes of at least 4 members (excludes halogenated alkanes) is 1. The third-order valence-corrected chi connectivity index (χ3v) is 4.09. The lowest BCUT2D eigenvalue weighted by atomic mass is 10.1. The lowest BCUT2D eigenvalue weighted by molar-refractivity contribution is 0.188. The van der Waals surface area contributed by atoms with Gasteiger partial charge in [0.05, 0.1) is 13.2 Å². The highest BCUT2D eigenvalue weighted by atomic mass is 127. The van der Waals surface area contributed by atoms with Gasteiger partial charge in [-0.05, 0) is 50.3 Å². The van der Waals surface area contributed by atoms with Crippen molar-refractivity contribution >= 4 is 29.9 Å². The molecule has 1 fully saturated rings. The number of halogens is 1. The highest BCUT2D eigenvalue weighted by molar-refractivity contribution is 14.0. The average molecular weight is 447 g/mol. The van der Waals surface area contributed by atoms with Crippen LogP contribution in [0, 0.1) is 0 Å². The fourth-order valence-electron chi connectivity index (χ4n) is 2.78. The van der Waals surface area contributed by atoms with E-state index in [2.05, 4.69) is 34.3 Å². The van der Waals surface area contributed by atoms with Crippen LogP contribution in [0.2, 0.25) is 0 Å². The number of guanidine groups is 1. The number of rotatable bonds is 7. The van der Waals surface area contributed by atoms with Gasteiger partial charge in [0.25, 0.3) is 0 Å². The molecule has 136 valence electrons. The van der Waals surface area contributed by atoms with Crippen LogP contribution in [-0.4, -0.2) is 55.4 Å². The molecule has 1 heterocycles. The van der Waals surface area contributed by atoms with E-state index in [0.717, 1.165) is 57.0 Å². The van der Waals surface area contributed by atoms with Crippen molar-refractivity contribution in [3.63, 3.8) is 0 Å². The normalized spacial score (nSPS) is 17.5. The molecule has 0 radical (unpaired) electrons. The van der Waals surface area contributed by atoms with E-state index in [0.29, 0.717) is 6.54 Å². The van der Waals surface area contributed by atoms with Crippen LogP contribution in [0.5, 0.6) is 5.75 Å². The number of aliphatic hydroxyl groups is 1. The lowest BCUT2D eigenvalue weighted by Gasteiger charge is -2.20. The van der Waals surface area contributed by atoms with Crippen molar-refractivity contribution in [1.82, 2.24) is 10.2 Å². The smallest absolute Gasteiger partial charge is 0.194 e. The summed E-state index contributed by atoms with van der Waals surface area (Å²) < 4.78 is 5.17. The summed E-state index contributed by atoms with van der Waals surface area (Å²) >= 11 is 0. The molecule has 0 saturated carbocycles. The molecular formula is C18H30IN3O2. The number of aryl methyl sites for hydroxylation is 1. The fourth-order valence-corrected chi connectivity index (χ4v) is 2.78. The number of β-amino-alcohol motifs (C(OH)–C–C–N with tert-alkyl or cyclic N) is 1. The fraction of sp³-hybridized carbons (Fsp3) is 0.611. The Morgan fingerprint density at radius 2 is 2.08 bits per heavy atom. The maximum atomic E-state index is 9.66. The summed E-state index contributed by atoms with van der Waals surface area (Å²) in [6.45, 7) is 5.34. The van der Waals surface area contributed by atoms with Gasteiger partial charge in [-0.2, -0.15) is 0 Å². The number of hydrogen-bond donors (Lipinski definition) is 2. The Balaban J connectivity index is 0.00000288. The van der Waals surface area contributed by atoms with Gasteiger partial charge in [-0.15, -0.1) is 24.0 Å². The molecule has 0 amide bonds. The van der Waals surface area contributed by atoms with Gasteiger partial charge >= 0.3 is 0 Å². The summed E-state index contributed by atoms with van der Waals surface area (Å²) in [5, 5.41) is 13.0. The molecule has 24 heavy (non-hydrogen) atoms. The van der Waals surface area contributed by atoms with Crippen LogP contribution in [0.3, 0.4) is 0 Å². The Labute approximate surface area is 162 Å². The maximum absolute atomic E-state index is 9.66. The summed E-state index contributed by atoms with van der Waals surface area (Å²) in [7, 11) is 1.69. The molecule has 2 N–H and O–H groups in total.